The molecule has 0 spiro atoms. The summed E-state index contributed by atoms with van der Waals surface area (Å²) in [6.07, 6.45) is -0.823. The van der Waals surface area contributed by atoms with Gasteiger partial charge in [-0.2, -0.15) is 0 Å². The Balaban J connectivity index is 2.42. The van der Waals surface area contributed by atoms with Crippen molar-refractivity contribution in [3.63, 3.8) is 0 Å². The van der Waals surface area contributed by atoms with Crippen LogP contribution in [0.2, 0.25) is 0 Å². The van der Waals surface area contributed by atoms with Crippen LogP contribution in [-0.4, -0.2) is 11.1 Å². The summed E-state index contributed by atoms with van der Waals surface area (Å²) < 4.78 is 14.0. The zero-order valence-electron chi connectivity index (χ0n) is 12.0. The zero-order valence-corrected chi connectivity index (χ0v) is 12.8. The lowest BCUT2D eigenvalue weighted by Crippen LogP contribution is -2.31. The van der Waals surface area contributed by atoms with Gasteiger partial charge >= 0.3 is 0 Å². The van der Waals surface area contributed by atoms with Crippen molar-refractivity contribution in [3.05, 3.63) is 52.0 Å². The third-order valence-electron chi connectivity index (χ3n) is 3.29. The van der Waals surface area contributed by atoms with Crippen LogP contribution in [0, 0.1) is 5.82 Å². The normalized spacial score (nSPS) is 12.7. The van der Waals surface area contributed by atoms with Gasteiger partial charge in [0.15, 0.2) is 0 Å². The molecule has 0 radical (unpaired) electrons. The summed E-state index contributed by atoms with van der Waals surface area (Å²) in [4.78, 5) is 3.34. The Morgan fingerprint density at radius 2 is 1.95 bits per heavy atom. The molecule has 108 valence electrons. The number of hydrogen-bond acceptors (Lipinski definition) is 3. The van der Waals surface area contributed by atoms with Crippen molar-refractivity contribution < 1.29 is 9.50 Å². The van der Waals surface area contributed by atoms with E-state index >= 15 is 0 Å². The summed E-state index contributed by atoms with van der Waals surface area (Å²) in [5.41, 5.74) is 1.14. The Morgan fingerprint density at radius 1 is 1.20 bits per heavy atom. The van der Waals surface area contributed by atoms with Crippen molar-refractivity contribution in [1.82, 2.24) is 0 Å². The van der Waals surface area contributed by atoms with Crippen LogP contribution < -0.4 is 4.90 Å². The molecule has 2 aromatic rings. The molecule has 0 aliphatic carbocycles. The number of anilines is 1. The van der Waals surface area contributed by atoms with Crippen LogP contribution in [-0.2, 0) is 6.54 Å². The molecule has 20 heavy (non-hydrogen) atoms. The molecule has 0 unspecified atom stereocenters. The van der Waals surface area contributed by atoms with Gasteiger partial charge in [0.05, 0.1) is 12.6 Å². The number of thiophene rings is 1. The van der Waals surface area contributed by atoms with Gasteiger partial charge in [0.1, 0.15) is 5.82 Å². The molecule has 1 N–H and O–H groups in total. The van der Waals surface area contributed by atoms with Crippen molar-refractivity contribution in [2.24, 2.45) is 0 Å². The predicted molar refractivity (Wildman–Crippen MR) is 82.7 cm³/mol. The van der Waals surface area contributed by atoms with Crippen molar-refractivity contribution in [3.8, 4) is 0 Å². The fourth-order valence-electron chi connectivity index (χ4n) is 2.31. The molecule has 1 heterocycles. The van der Waals surface area contributed by atoms with Crippen LogP contribution in [0.1, 0.15) is 37.3 Å². The molecule has 2 rings (SSSR count). The van der Waals surface area contributed by atoms with Gasteiger partial charge in [0, 0.05) is 22.2 Å². The molecular weight excluding hydrogens is 273 g/mol. The maximum Gasteiger partial charge on any atom is 0.131 e. The highest BCUT2D eigenvalue weighted by Crippen LogP contribution is 2.31. The fraction of sp³-hybridized carbons (Fsp3) is 0.375. The summed E-state index contributed by atoms with van der Waals surface area (Å²) in [6, 6.07) is 9.27. The van der Waals surface area contributed by atoms with E-state index < -0.39 is 6.10 Å². The van der Waals surface area contributed by atoms with E-state index in [9.17, 15) is 9.50 Å². The summed E-state index contributed by atoms with van der Waals surface area (Å²) in [6.45, 7) is 6.47. The SMILES string of the molecule is CC(C)N(Cc1cccs1)c1cccc(F)c1[C@@H](C)O. The largest absolute Gasteiger partial charge is 0.389 e. The Labute approximate surface area is 123 Å². The third kappa shape index (κ3) is 3.19. The smallest absolute Gasteiger partial charge is 0.131 e. The molecule has 0 aliphatic rings. The highest BCUT2D eigenvalue weighted by molar-refractivity contribution is 7.09. The van der Waals surface area contributed by atoms with E-state index in [2.05, 4.69) is 24.8 Å². The Hall–Kier alpha value is -1.39. The van der Waals surface area contributed by atoms with Crippen molar-refractivity contribution in [1.29, 1.82) is 0 Å². The molecule has 1 atom stereocenters. The zero-order chi connectivity index (χ0) is 14.7. The minimum atomic E-state index is -0.823. The standard InChI is InChI=1S/C16H20FNOS/c1-11(2)18(10-13-6-5-9-20-13)15-8-4-7-14(17)16(15)12(3)19/h4-9,11-12,19H,10H2,1-3H3/t12-/m1/s1. The van der Waals surface area contributed by atoms with Crippen LogP contribution in [0.3, 0.4) is 0 Å². The minimum Gasteiger partial charge on any atom is -0.389 e. The number of aliphatic hydroxyl groups excluding tert-OH is 1. The van der Waals surface area contributed by atoms with Crippen LogP contribution in [0.25, 0.3) is 0 Å². The minimum absolute atomic E-state index is 0.219. The molecule has 4 heteroatoms. The fourth-order valence-corrected chi connectivity index (χ4v) is 3.01. The van der Waals surface area contributed by atoms with Gasteiger partial charge in [0.2, 0.25) is 0 Å². The number of halogens is 1. The highest BCUT2D eigenvalue weighted by atomic mass is 32.1. The topological polar surface area (TPSA) is 23.5 Å². The van der Waals surface area contributed by atoms with Crippen molar-refractivity contribution >= 4 is 17.0 Å². The van der Waals surface area contributed by atoms with Crippen LogP contribution in [0.15, 0.2) is 35.7 Å². The monoisotopic (exact) mass is 293 g/mol. The summed E-state index contributed by atoms with van der Waals surface area (Å²) in [7, 11) is 0. The number of benzene rings is 1. The van der Waals surface area contributed by atoms with Gasteiger partial charge in [-0.1, -0.05) is 12.1 Å². The first-order valence-corrected chi connectivity index (χ1v) is 7.64. The van der Waals surface area contributed by atoms with Gasteiger partial charge in [0.25, 0.3) is 0 Å². The molecule has 0 saturated carbocycles. The molecule has 2 nitrogen and oxygen atoms in total. The summed E-state index contributed by atoms with van der Waals surface area (Å²) in [5.74, 6) is -0.352. The van der Waals surface area contributed by atoms with E-state index in [0.717, 1.165) is 12.2 Å². The second-order valence-corrected chi connectivity index (χ2v) is 6.18. The van der Waals surface area contributed by atoms with Crippen LogP contribution in [0.4, 0.5) is 10.1 Å². The molecular formula is C16H20FNOS. The van der Waals surface area contributed by atoms with E-state index in [0.29, 0.717) is 5.56 Å². The molecule has 0 fully saturated rings. The summed E-state index contributed by atoms with van der Waals surface area (Å²) >= 11 is 1.68. The second kappa shape index (κ2) is 6.37. The molecule has 1 aromatic heterocycles. The van der Waals surface area contributed by atoms with Gasteiger partial charge in [-0.15, -0.1) is 11.3 Å². The first-order valence-electron chi connectivity index (χ1n) is 6.76. The van der Waals surface area contributed by atoms with Gasteiger partial charge in [-0.3, -0.25) is 0 Å². The maximum atomic E-state index is 14.0. The Morgan fingerprint density at radius 3 is 2.50 bits per heavy atom. The predicted octanol–water partition coefficient (Wildman–Crippen LogP) is 4.36. The molecule has 0 amide bonds. The van der Waals surface area contributed by atoms with E-state index in [-0.39, 0.29) is 11.9 Å². The Bertz CT molecular complexity index is 552. The number of aliphatic hydroxyl groups is 1. The summed E-state index contributed by atoms with van der Waals surface area (Å²) in [5, 5.41) is 11.9. The van der Waals surface area contributed by atoms with E-state index in [4.69, 9.17) is 0 Å². The maximum absolute atomic E-state index is 14.0. The van der Waals surface area contributed by atoms with E-state index in [1.165, 1.54) is 10.9 Å². The molecule has 0 bridgehead atoms. The van der Waals surface area contributed by atoms with E-state index in [1.807, 2.05) is 17.5 Å². The molecule has 0 aliphatic heterocycles. The second-order valence-electron chi connectivity index (χ2n) is 5.15. The lowest BCUT2D eigenvalue weighted by molar-refractivity contribution is 0.194. The quantitative estimate of drug-likeness (QED) is 0.885. The molecule has 1 aromatic carbocycles. The van der Waals surface area contributed by atoms with Gasteiger partial charge in [-0.25, -0.2) is 4.39 Å². The number of rotatable bonds is 5. The lowest BCUT2D eigenvalue weighted by Gasteiger charge is -2.31. The van der Waals surface area contributed by atoms with Crippen molar-refractivity contribution in [2.75, 3.05) is 4.90 Å². The molecule has 0 saturated heterocycles. The first-order chi connectivity index (χ1) is 9.50. The van der Waals surface area contributed by atoms with Crippen molar-refractivity contribution in [2.45, 2.75) is 39.5 Å². The average Bonchev–Trinajstić information content (AvgIpc) is 2.87. The Kier molecular flexibility index (Phi) is 4.78. The number of hydrogen-bond donors (Lipinski definition) is 1. The van der Waals surface area contributed by atoms with Crippen LogP contribution >= 0.6 is 11.3 Å². The van der Waals surface area contributed by atoms with E-state index in [1.54, 1.807) is 24.3 Å². The number of nitrogens with zero attached hydrogens (tertiary/aromatic N) is 1. The third-order valence-corrected chi connectivity index (χ3v) is 4.15. The first kappa shape index (κ1) is 15.0. The van der Waals surface area contributed by atoms with Crippen LogP contribution in [0.5, 0.6) is 0 Å². The average molecular weight is 293 g/mol. The van der Waals surface area contributed by atoms with Gasteiger partial charge in [-0.05, 0) is 44.4 Å². The van der Waals surface area contributed by atoms with Gasteiger partial charge < -0.3 is 10.0 Å². The highest BCUT2D eigenvalue weighted by Gasteiger charge is 2.20. The lowest BCUT2D eigenvalue weighted by atomic mass is 10.1.